The Hall–Kier alpha value is -4.02. The lowest BCUT2D eigenvalue weighted by Crippen LogP contribution is -2.41. The molecular formula is C28H33N7O2S. The zero-order valence-corrected chi connectivity index (χ0v) is 22.2. The summed E-state index contributed by atoms with van der Waals surface area (Å²) in [6, 6.07) is 17.6. The average Bonchev–Trinajstić information content (AvgIpc) is 3.35. The van der Waals surface area contributed by atoms with Crippen LogP contribution in [0.5, 0.6) is 0 Å². The van der Waals surface area contributed by atoms with E-state index in [9.17, 15) is 9.59 Å². The number of aromatic nitrogens is 2. The van der Waals surface area contributed by atoms with Gasteiger partial charge in [-0.3, -0.25) is 15.0 Å². The minimum atomic E-state index is -0.0965. The SMILES string of the molecule is CNCc1cccc(CC(=O)Nc2nnc(CCCCC3=CC=C(NC(=O)Cc4ccccc4)NN3)s2)c1. The predicted molar refractivity (Wildman–Crippen MR) is 150 cm³/mol. The normalized spacial score (nSPS) is 12.6. The molecule has 0 radical (unpaired) electrons. The number of nitrogens with zero attached hydrogens (tertiary/aromatic N) is 2. The highest BCUT2D eigenvalue weighted by Gasteiger charge is 2.11. The molecule has 0 atom stereocenters. The number of nitrogens with one attached hydrogen (secondary N) is 5. The van der Waals surface area contributed by atoms with Crippen LogP contribution >= 0.6 is 11.3 Å². The molecule has 2 heterocycles. The van der Waals surface area contributed by atoms with E-state index in [0.29, 0.717) is 23.8 Å². The van der Waals surface area contributed by atoms with Crippen molar-refractivity contribution < 1.29 is 9.59 Å². The maximum atomic E-state index is 12.4. The van der Waals surface area contributed by atoms with E-state index in [2.05, 4.69) is 37.0 Å². The van der Waals surface area contributed by atoms with E-state index in [1.54, 1.807) is 0 Å². The number of hydrogen-bond acceptors (Lipinski definition) is 8. The smallest absolute Gasteiger partial charge is 0.230 e. The molecule has 1 aliphatic rings. The van der Waals surface area contributed by atoms with Crippen molar-refractivity contribution in [1.82, 2.24) is 31.7 Å². The number of hydrazine groups is 1. The highest BCUT2D eigenvalue weighted by atomic mass is 32.1. The minimum absolute atomic E-state index is 0.0695. The second-order valence-electron chi connectivity index (χ2n) is 9.02. The zero-order chi connectivity index (χ0) is 26.6. The van der Waals surface area contributed by atoms with Crippen molar-refractivity contribution in [2.45, 2.75) is 45.1 Å². The fourth-order valence-corrected chi connectivity index (χ4v) is 4.81. The van der Waals surface area contributed by atoms with Crippen molar-refractivity contribution in [3.8, 4) is 0 Å². The largest absolute Gasteiger partial charge is 0.316 e. The van der Waals surface area contributed by atoms with E-state index in [1.807, 2.05) is 73.8 Å². The third kappa shape index (κ3) is 8.82. The van der Waals surface area contributed by atoms with Crippen LogP contribution in [0.15, 0.2) is 78.3 Å². The first-order chi connectivity index (χ1) is 18.6. The summed E-state index contributed by atoms with van der Waals surface area (Å²) in [5.74, 6) is 0.463. The molecule has 0 aliphatic carbocycles. The van der Waals surface area contributed by atoms with Gasteiger partial charge in [-0.2, -0.15) is 0 Å². The Morgan fingerprint density at radius 2 is 1.55 bits per heavy atom. The van der Waals surface area contributed by atoms with Crippen LogP contribution in [0, 0.1) is 0 Å². The molecule has 198 valence electrons. The molecule has 38 heavy (non-hydrogen) atoms. The number of amides is 2. The zero-order valence-electron chi connectivity index (χ0n) is 21.4. The highest BCUT2D eigenvalue weighted by molar-refractivity contribution is 7.15. The lowest BCUT2D eigenvalue weighted by Gasteiger charge is -2.20. The maximum Gasteiger partial charge on any atom is 0.230 e. The number of aryl methyl sites for hydroxylation is 1. The minimum Gasteiger partial charge on any atom is -0.316 e. The van der Waals surface area contributed by atoms with Crippen molar-refractivity contribution >= 4 is 28.3 Å². The molecule has 9 nitrogen and oxygen atoms in total. The Labute approximate surface area is 226 Å². The van der Waals surface area contributed by atoms with Crippen molar-refractivity contribution in [2.24, 2.45) is 0 Å². The molecule has 2 amide bonds. The molecule has 0 unspecified atom stereocenters. The summed E-state index contributed by atoms with van der Waals surface area (Å²) < 4.78 is 0. The van der Waals surface area contributed by atoms with Gasteiger partial charge >= 0.3 is 0 Å². The topological polar surface area (TPSA) is 120 Å². The highest BCUT2D eigenvalue weighted by Crippen LogP contribution is 2.19. The van der Waals surface area contributed by atoms with Gasteiger partial charge in [0.25, 0.3) is 0 Å². The molecule has 0 saturated carbocycles. The third-order valence-corrected chi connectivity index (χ3v) is 6.73. The first-order valence-corrected chi connectivity index (χ1v) is 13.5. The van der Waals surface area contributed by atoms with Crippen molar-refractivity contribution in [2.75, 3.05) is 12.4 Å². The fraction of sp³-hybridized carbons (Fsp3) is 0.286. The summed E-state index contributed by atoms with van der Waals surface area (Å²) in [6.45, 7) is 0.768. The van der Waals surface area contributed by atoms with Crippen molar-refractivity contribution in [1.29, 1.82) is 0 Å². The molecular weight excluding hydrogens is 498 g/mol. The molecule has 0 fully saturated rings. The standard InChI is InChI=1S/C28H33N7O2S/c1-29-19-22-11-7-10-21(16-22)18-26(37)31-28-35-34-27(38-28)13-6-5-12-23-14-15-24(33-32-23)30-25(36)17-20-8-3-2-4-9-20/h2-4,7-11,14-16,29,32-33H,5-6,12-13,17-19H2,1H3,(H,30,36)(H,31,35,37). The molecule has 1 aliphatic heterocycles. The fourth-order valence-electron chi connectivity index (χ4n) is 4.01. The van der Waals surface area contributed by atoms with Crippen LogP contribution < -0.4 is 26.8 Å². The third-order valence-electron chi connectivity index (χ3n) is 5.83. The van der Waals surface area contributed by atoms with Crippen LogP contribution in [0.2, 0.25) is 0 Å². The Kier molecular flexibility index (Phi) is 10.00. The monoisotopic (exact) mass is 531 g/mol. The van der Waals surface area contributed by atoms with E-state index >= 15 is 0 Å². The molecule has 2 aromatic carbocycles. The van der Waals surface area contributed by atoms with E-state index in [-0.39, 0.29) is 11.8 Å². The molecule has 0 saturated heterocycles. The first kappa shape index (κ1) is 27.0. The van der Waals surface area contributed by atoms with Gasteiger partial charge in [-0.05, 0) is 55.2 Å². The molecule has 5 N–H and O–H groups in total. The number of carbonyl (C=O) groups is 2. The number of carbonyl (C=O) groups excluding carboxylic acids is 2. The second-order valence-corrected chi connectivity index (χ2v) is 10.1. The van der Waals surface area contributed by atoms with E-state index < -0.39 is 0 Å². The Bertz CT molecular complexity index is 1290. The van der Waals surface area contributed by atoms with Crippen LogP contribution in [0.25, 0.3) is 0 Å². The Morgan fingerprint density at radius 3 is 2.34 bits per heavy atom. The van der Waals surface area contributed by atoms with Gasteiger partial charge in [-0.15, -0.1) is 10.2 Å². The van der Waals surface area contributed by atoms with Gasteiger partial charge < -0.3 is 21.4 Å². The van der Waals surface area contributed by atoms with Gasteiger partial charge in [-0.25, -0.2) is 0 Å². The lowest BCUT2D eigenvalue weighted by atomic mass is 10.1. The summed E-state index contributed by atoms with van der Waals surface area (Å²) in [5.41, 5.74) is 10.3. The van der Waals surface area contributed by atoms with E-state index in [0.717, 1.165) is 59.6 Å². The summed E-state index contributed by atoms with van der Waals surface area (Å²) in [7, 11) is 1.90. The van der Waals surface area contributed by atoms with Crippen LogP contribution in [0.4, 0.5) is 5.13 Å². The van der Waals surface area contributed by atoms with Gasteiger partial charge in [0.1, 0.15) is 10.8 Å². The number of unbranched alkanes of at least 4 members (excludes halogenated alkanes) is 1. The predicted octanol–water partition coefficient (Wildman–Crippen LogP) is 3.34. The molecule has 0 bridgehead atoms. The molecule has 1 aromatic heterocycles. The first-order valence-electron chi connectivity index (χ1n) is 12.7. The van der Waals surface area contributed by atoms with Gasteiger partial charge in [0.05, 0.1) is 12.8 Å². The number of allylic oxidation sites excluding steroid dienone is 3. The number of hydrogen-bond donors (Lipinski definition) is 5. The number of rotatable bonds is 13. The lowest BCUT2D eigenvalue weighted by molar-refractivity contribution is -0.120. The van der Waals surface area contributed by atoms with Crippen molar-refractivity contribution in [3.63, 3.8) is 0 Å². The molecule has 4 rings (SSSR count). The van der Waals surface area contributed by atoms with E-state index in [4.69, 9.17) is 0 Å². The van der Waals surface area contributed by atoms with Crippen LogP contribution in [0.3, 0.4) is 0 Å². The molecule has 0 spiro atoms. The molecule has 3 aromatic rings. The van der Waals surface area contributed by atoms with E-state index in [1.165, 1.54) is 11.3 Å². The van der Waals surface area contributed by atoms with Crippen LogP contribution in [-0.2, 0) is 35.4 Å². The Morgan fingerprint density at radius 1 is 0.816 bits per heavy atom. The Balaban J connectivity index is 1.14. The number of benzene rings is 2. The van der Waals surface area contributed by atoms with Gasteiger partial charge in [-0.1, -0.05) is 65.9 Å². The quantitative estimate of drug-likeness (QED) is 0.215. The maximum absolute atomic E-state index is 12.4. The van der Waals surface area contributed by atoms with Gasteiger partial charge in [0.2, 0.25) is 16.9 Å². The average molecular weight is 532 g/mol. The van der Waals surface area contributed by atoms with Gasteiger partial charge in [0, 0.05) is 18.7 Å². The number of anilines is 1. The van der Waals surface area contributed by atoms with Gasteiger partial charge in [0.15, 0.2) is 0 Å². The molecule has 10 heteroatoms. The second kappa shape index (κ2) is 14.1. The summed E-state index contributed by atoms with van der Waals surface area (Å²) in [4.78, 5) is 24.6. The van der Waals surface area contributed by atoms with Crippen LogP contribution in [-0.4, -0.2) is 29.1 Å². The summed E-state index contributed by atoms with van der Waals surface area (Å²) in [6.07, 6.45) is 8.06. The van der Waals surface area contributed by atoms with Crippen LogP contribution in [0.1, 0.15) is 41.0 Å². The van der Waals surface area contributed by atoms with Crippen molar-refractivity contribution in [3.05, 3.63) is 100.0 Å². The summed E-state index contributed by atoms with van der Waals surface area (Å²) in [5, 5.41) is 18.6. The summed E-state index contributed by atoms with van der Waals surface area (Å²) >= 11 is 1.42.